The summed E-state index contributed by atoms with van der Waals surface area (Å²) in [7, 11) is 0. The molecule has 0 saturated carbocycles. The van der Waals surface area contributed by atoms with Gasteiger partial charge in [-0.05, 0) is 36.5 Å². The Bertz CT molecular complexity index is 558. The zero-order valence-corrected chi connectivity index (χ0v) is 20.6. The van der Waals surface area contributed by atoms with Gasteiger partial charge in [-0.2, -0.15) is 0 Å². The smallest absolute Gasteiger partial charge is 0.0594 e. The lowest BCUT2D eigenvalue weighted by Gasteiger charge is -1.98. The molecule has 0 rings (SSSR count). The van der Waals surface area contributed by atoms with E-state index in [0.29, 0.717) is 13.1 Å². The number of hydrogen-bond acceptors (Lipinski definition) is 1. The molecule has 0 aliphatic carbocycles. The van der Waals surface area contributed by atoms with Gasteiger partial charge in [-0.15, -0.1) is 0 Å². The summed E-state index contributed by atoms with van der Waals surface area (Å²) in [4.78, 5) is 0. The van der Waals surface area contributed by atoms with Crippen molar-refractivity contribution in [3.05, 3.63) is 0 Å². The minimum atomic E-state index is 0.632. The van der Waals surface area contributed by atoms with Crippen molar-refractivity contribution in [1.29, 1.82) is 0 Å². The molecule has 0 aromatic heterocycles. The second-order valence-electron chi connectivity index (χ2n) is 8.26. The van der Waals surface area contributed by atoms with Crippen molar-refractivity contribution < 1.29 is 0 Å². The maximum absolute atomic E-state index is 3.18. The van der Waals surface area contributed by atoms with Crippen LogP contribution in [0.15, 0.2) is 0 Å². The SMILES string of the molecule is CCCCCCCCCCC#CC#CCNCC#CC#CCCCCCCCCCC. The van der Waals surface area contributed by atoms with Gasteiger partial charge in [0.15, 0.2) is 0 Å². The fourth-order valence-corrected chi connectivity index (χ4v) is 3.27. The number of nitrogens with one attached hydrogen (secondary N) is 1. The van der Waals surface area contributed by atoms with E-state index in [1.807, 2.05) is 0 Å². The standard InChI is InChI=1S/C30H47N/c1-3-5-7-9-11-13-15-17-19-21-23-25-27-29-31-30-28-26-24-22-20-18-16-14-12-10-8-6-4-2/h31H,3-20,29-30H2,1-2H3. The summed E-state index contributed by atoms with van der Waals surface area (Å²) in [6.45, 7) is 5.79. The van der Waals surface area contributed by atoms with Crippen LogP contribution in [0.2, 0.25) is 0 Å². The van der Waals surface area contributed by atoms with Crippen molar-refractivity contribution in [3.63, 3.8) is 0 Å². The van der Waals surface area contributed by atoms with Crippen LogP contribution in [0, 0.1) is 47.4 Å². The Labute approximate surface area is 195 Å². The van der Waals surface area contributed by atoms with Gasteiger partial charge >= 0.3 is 0 Å². The van der Waals surface area contributed by atoms with Crippen LogP contribution in [0.5, 0.6) is 0 Å². The van der Waals surface area contributed by atoms with Crippen molar-refractivity contribution in [2.75, 3.05) is 13.1 Å². The lowest BCUT2D eigenvalue weighted by atomic mass is 10.1. The van der Waals surface area contributed by atoms with Crippen LogP contribution in [-0.2, 0) is 0 Å². The summed E-state index contributed by atoms with van der Waals surface area (Å²) in [5, 5.41) is 3.18. The summed E-state index contributed by atoms with van der Waals surface area (Å²) < 4.78 is 0. The summed E-state index contributed by atoms with van der Waals surface area (Å²) in [6, 6.07) is 0. The van der Waals surface area contributed by atoms with Crippen LogP contribution in [0.3, 0.4) is 0 Å². The molecule has 0 heterocycles. The number of unbranched alkanes of at least 4 members (excludes halogenated alkanes) is 16. The van der Waals surface area contributed by atoms with Gasteiger partial charge in [0.05, 0.1) is 13.1 Å². The van der Waals surface area contributed by atoms with Crippen LogP contribution in [0.1, 0.15) is 129 Å². The Kier molecular flexibility index (Phi) is 26.6. The predicted molar refractivity (Wildman–Crippen MR) is 138 cm³/mol. The first-order valence-corrected chi connectivity index (χ1v) is 13.0. The second kappa shape index (κ2) is 28.2. The van der Waals surface area contributed by atoms with Crippen molar-refractivity contribution in [2.24, 2.45) is 0 Å². The quantitative estimate of drug-likeness (QED) is 0.177. The van der Waals surface area contributed by atoms with E-state index in [4.69, 9.17) is 0 Å². The molecule has 0 atom stereocenters. The van der Waals surface area contributed by atoms with Crippen molar-refractivity contribution >= 4 is 0 Å². The third-order valence-corrected chi connectivity index (χ3v) is 5.22. The largest absolute Gasteiger partial charge is 0.295 e. The van der Waals surface area contributed by atoms with Gasteiger partial charge in [0.25, 0.3) is 0 Å². The molecule has 0 aromatic carbocycles. The highest BCUT2D eigenvalue weighted by Crippen LogP contribution is 2.09. The molecule has 1 N–H and O–H groups in total. The normalized spacial score (nSPS) is 9.35. The van der Waals surface area contributed by atoms with Gasteiger partial charge in [0, 0.05) is 12.8 Å². The third-order valence-electron chi connectivity index (χ3n) is 5.22. The third kappa shape index (κ3) is 28.2. The van der Waals surface area contributed by atoms with Crippen LogP contribution in [0.4, 0.5) is 0 Å². The summed E-state index contributed by atoms with van der Waals surface area (Å²) in [5.41, 5.74) is 0. The Morgan fingerprint density at radius 1 is 0.387 bits per heavy atom. The molecule has 0 aliphatic heterocycles. The van der Waals surface area contributed by atoms with Crippen LogP contribution in [-0.4, -0.2) is 13.1 Å². The van der Waals surface area contributed by atoms with Crippen LogP contribution < -0.4 is 5.32 Å². The molecule has 1 nitrogen and oxygen atoms in total. The van der Waals surface area contributed by atoms with Crippen molar-refractivity contribution in [3.8, 4) is 47.4 Å². The predicted octanol–water partition coefficient (Wildman–Crippen LogP) is 7.65. The van der Waals surface area contributed by atoms with E-state index in [-0.39, 0.29) is 0 Å². The van der Waals surface area contributed by atoms with Gasteiger partial charge < -0.3 is 0 Å². The number of rotatable bonds is 18. The first kappa shape index (κ1) is 29.2. The second-order valence-corrected chi connectivity index (χ2v) is 8.26. The molecule has 172 valence electrons. The maximum atomic E-state index is 3.18. The van der Waals surface area contributed by atoms with Gasteiger partial charge in [0.1, 0.15) is 0 Å². The van der Waals surface area contributed by atoms with Gasteiger partial charge in [-0.1, -0.05) is 127 Å². The molecule has 0 fully saturated rings. The fourth-order valence-electron chi connectivity index (χ4n) is 3.27. The molecule has 0 spiro atoms. The lowest BCUT2D eigenvalue weighted by molar-refractivity contribution is 0.579. The first-order chi connectivity index (χ1) is 15.4. The van der Waals surface area contributed by atoms with Crippen molar-refractivity contribution in [2.45, 2.75) is 129 Å². The van der Waals surface area contributed by atoms with Crippen LogP contribution in [0.25, 0.3) is 0 Å². The van der Waals surface area contributed by atoms with E-state index in [1.165, 1.54) is 103 Å². The summed E-state index contributed by atoms with van der Waals surface area (Å²) in [5.74, 6) is 24.1. The molecule has 0 aliphatic rings. The zero-order chi connectivity index (χ0) is 22.5. The van der Waals surface area contributed by atoms with Gasteiger partial charge in [-0.3, -0.25) is 5.32 Å². The van der Waals surface area contributed by atoms with Gasteiger partial charge in [0.2, 0.25) is 0 Å². The average Bonchev–Trinajstić information content (AvgIpc) is 2.78. The minimum Gasteiger partial charge on any atom is -0.295 e. The van der Waals surface area contributed by atoms with Gasteiger partial charge in [-0.25, -0.2) is 0 Å². The first-order valence-electron chi connectivity index (χ1n) is 13.0. The average molecular weight is 422 g/mol. The van der Waals surface area contributed by atoms with E-state index in [1.54, 1.807) is 0 Å². The highest BCUT2D eigenvalue weighted by atomic mass is 14.8. The molecular formula is C30H47N. The van der Waals surface area contributed by atoms with Crippen molar-refractivity contribution in [1.82, 2.24) is 5.32 Å². The van der Waals surface area contributed by atoms with Crippen LogP contribution >= 0.6 is 0 Å². The Morgan fingerprint density at radius 2 is 0.710 bits per heavy atom. The van der Waals surface area contributed by atoms with E-state index in [9.17, 15) is 0 Å². The fraction of sp³-hybridized carbons (Fsp3) is 0.733. The molecule has 31 heavy (non-hydrogen) atoms. The molecule has 0 aromatic rings. The molecular weight excluding hydrogens is 374 g/mol. The molecule has 0 radical (unpaired) electrons. The summed E-state index contributed by atoms with van der Waals surface area (Å²) >= 11 is 0. The molecule has 0 saturated heterocycles. The molecule has 0 unspecified atom stereocenters. The Balaban J connectivity index is 3.42. The minimum absolute atomic E-state index is 0.632. The molecule has 0 amide bonds. The zero-order valence-electron chi connectivity index (χ0n) is 20.6. The van der Waals surface area contributed by atoms with E-state index in [2.05, 4.69) is 66.5 Å². The van der Waals surface area contributed by atoms with E-state index in [0.717, 1.165) is 12.8 Å². The molecule has 0 bridgehead atoms. The Hall–Kier alpha value is -1.80. The topological polar surface area (TPSA) is 12.0 Å². The summed E-state index contributed by atoms with van der Waals surface area (Å²) in [6.07, 6.45) is 23.5. The highest BCUT2D eigenvalue weighted by molar-refractivity contribution is 5.27. The highest BCUT2D eigenvalue weighted by Gasteiger charge is 1.91. The monoisotopic (exact) mass is 421 g/mol. The Morgan fingerprint density at radius 3 is 1.10 bits per heavy atom. The maximum Gasteiger partial charge on any atom is 0.0594 e. The lowest BCUT2D eigenvalue weighted by Crippen LogP contribution is -2.13. The van der Waals surface area contributed by atoms with E-state index >= 15 is 0 Å². The molecule has 1 heteroatoms. The number of hydrogen-bond donors (Lipinski definition) is 1. The van der Waals surface area contributed by atoms with E-state index < -0.39 is 0 Å².